The lowest BCUT2D eigenvalue weighted by Gasteiger charge is -2.17. The van der Waals surface area contributed by atoms with Gasteiger partial charge in [0.2, 0.25) is 0 Å². The molecule has 1 aromatic heterocycles. The number of benzene rings is 1. The molecule has 1 heterocycles. The van der Waals surface area contributed by atoms with Crippen molar-refractivity contribution in [2.75, 3.05) is 27.4 Å². The van der Waals surface area contributed by atoms with Crippen LogP contribution in [0.4, 0.5) is 0 Å². The molecule has 130 valence electrons. The molecule has 1 N–H and O–H groups in total. The third-order valence-corrected chi connectivity index (χ3v) is 4.54. The minimum Gasteiger partial charge on any atom is -0.493 e. The first-order valence-corrected chi connectivity index (χ1v) is 8.53. The molecule has 0 aliphatic carbocycles. The molecule has 1 unspecified atom stereocenters. The van der Waals surface area contributed by atoms with Crippen LogP contribution >= 0.6 is 11.3 Å². The minimum absolute atomic E-state index is 0.0695. The van der Waals surface area contributed by atoms with Crippen molar-refractivity contribution in [3.05, 3.63) is 45.6 Å². The van der Waals surface area contributed by atoms with Crippen molar-refractivity contribution in [2.24, 2.45) is 0 Å². The minimum atomic E-state index is -0.137. The van der Waals surface area contributed by atoms with Crippen molar-refractivity contribution in [1.82, 2.24) is 5.32 Å². The first-order chi connectivity index (χ1) is 11.5. The van der Waals surface area contributed by atoms with Gasteiger partial charge in [-0.05, 0) is 43.7 Å². The Morgan fingerprint density at radius 3 is 2.58 bits per heavy atom. The molecule has 0 spiro atoms. The highest BCUT2D eigenvalue weighted by Gasteiger charge is 2.15. The van der Waals surface area contributed by atoms with Crippen LogP contribution in [0.3, 0.4) is 0 Å². The molecule has 1 atom stereocenters. The number of rotatable bonds is 8. The fourth-order valence-corrected chi connectivity index (χ4v) is 2.99. The predicted molar refractivity (Wildman–Crippen MR) is 95.3 cm³/mol. The molecule has 2 aromatic rings. The molecule has 6 heteroatoms. The summed E-state index contributed by atoms with van der Waals surface area (Å²) in [6.45, 7) is 4.89. The quantitative estimate of drug-likeness (QED) is 0.740. The monoisotopic (exact) mass is 349 g/mol. The van der Waals surface area contributed by atoms with Crippen LogP contribution in [0, 0.1) is 6.92 Å². The van der Waals surface area contributed by atoms with Crippen LogP contribution in [0.5, 0.6) is 11.5 Å². The Morgan fingerprint density at radius 2 is 1.96 bits per heavy atom. The standard InChI is InChI=1S/C18H23NO4S/c1-12-5-8-17(24-12)18(20)19-13(2)14-6-7-15(16(11-14)22-4)23-10-9-21-3/h5-8,11,13H,9-10H2,1-4H3,(H,19,20). The molecule has 24 heavy (non-hydrogen) atoms. The third kappa shape index (κ3) is 4.72. The first kappa shape index (κ1) is 18.3. The second-order valence-corrected chi connectivity index (χ2v) is 6.64. The average molecular weight is 349 g/mol. The van der Waals surface area contributed by atoms with Gasteiger partial charge in [0.1, 0.15) is 6.61 Å². The van der Waals surface area contributed by atoms with Crippen LogP contribution < -0.4 is 14.8 Å². The number of thiophene rings is 1. The van der Waals surface area contributed by atoms with Gasteiger partial charge in [0.05, 0.1) is 24.6 Å². The van der Waals surface area contributed by atoms with Crippen molar-refractivity contribution in [1.29, 1.82) is 0 Å². The highest BCUT2D eigenvalue weighted by Crippen LogP contribution is 2.30. The van der Waals surface area contributed by atoms with Crippen molar-refractivity contribution >= 4 is 17.2 Å². The molecule has 0 fully saturated rings. The summed E-state index contributed by atoms with van der Waals surface area (Å²) in [4.78, 5) is 14.1. The van der Waals surface area contributed by atoms with E-state index in [1.807, 2.05) is 44.2 Å². The highest BCUT2D eigenvalue weighted by molar-refractivity contribution is 7.13. The molecular formula is C18H23NO4S. The zero-order valence-corrected chi connectivity index (χ0v) is 15.2. The number of hydrogen-bond acceptors (Lipinski definition) is 5. The first-order valence-electron chi connectivity index (χ1n) is 7.72. The molecular weight excluding hydrogens is 326 g/mol. The number of ether oxygens (including phenoxy) is 3. The predicted octanol–water partition coefficient (Wildman–Crippen LogP) is 3.58. The van der Waals surface area contributed by atoms with Gasteiger partial charge in [0.25, 0.3) is 5.91 Å². The number of carbonyl (C=O) groups excluding carboxylic acids is 1. The smallest absolute Gasteiger partial charge is 0.261 e. The summed E-state index contributed by atoms with van der Waals surface area (Å²) >= 11 is 1.49. The topological polar surface area (TPSA) is 56.8 Å². The van der Waals surface area contributed by atoms with Crippen molar-refractivity contribution in [2.45, 2.75) is 19.9 Å². The Kier molecular flexibility index (Phi) is 6.63. The molecule has 0 aliphatic heterocycles. The SMILES string of the molecule is COCCOc1ccc(C(C)NC(=O)c2ccc(C)s2)cc1OC. The summed E-state index contributed by atoms with van der Waals surface area (Å²) in [5, 5.41) is 3.00. The van der Waals surface area contributed by atoms with Crippen molar-refractivity contribution in [3.8, 4) is 11.5 Å². The summed E-state index contributed by atoms with van der Waals surface area (Å²) in [7, 11) is 3.23. The van der Waals surface area contributed by atoms with E-state index in [1.165, 1.54) is 11.3 Å². The fraction of sp³-hybridized carbons (Fsp3) is 0.389. The molecule has 0 radical (unpaired) electrons. The van der Waals surface area contributed by atoms with Crippen molar-refractivity contribution in [3.63, 3.8) is 0 Å². The van der Waals surface area contributed by atoms with E-state index in [4.69, 9.17) is 14.2 Å². The van der Waals surface area contributed by atoms with Crippen LogP contribution in [0.2, 0.25) is 0 Å². The van der Waals surface area contributed by atoms with Crippen LogP contribution in [-0.2, 0) is 4.74 Å². The molecule has 0 saturated heterocycles. The van der Waals surface area contributed by atoms with Crippen LogP contribution in [0.1, 0.15) is 33.1 Å². The largest absolute Gasteiger partial charge is 0.493 e. The van der Waals surface area contributed by atoms with Gasteiger partial charge in [-0.1, -0.05) is 6.07 Å². The van der Waals surface area contributed by atoms with E-state index in [2.05, 4.69) is 5.32 Å². The molecule has 2 rings (SSSR count). The summed E-state index contributed by atoms with van der Waals surface area (Å²) in [5.74, 6) is 1.22. The van der Waals surface area contributed by atoms with E-state index in [9.17, 15) is 4.79 Å². The maximum Gasteiger partial charge on any atom is 0.261 e. The van der Waals surface area contributed by atoms with Crippen molar-refractivity contribution < 1.29 is 19.0 Å². The lowest BCUT2D eigenvalue weighted by Crippen LogP contribution is -2.25. The number of hydrogen-bond donors (Lipinski definition) is 1. The van der Waals surface area contributed by atoms with Crippen LogP contribution in [0.25, 0.3) is 0 Å². The van der Waals surface area contributed by atoms with Gasteiger partial charge in [-0.3, -0.25) is 4.79 Å². The molecule has 5 nitrogen and oxygen atoms in total. The maximum atomic E-state index is 12.3. The van der Waals surface area contributed by atoms with E-state index in [0.717, 1.165) is 10.4 Å². The molecule has 0 saturated carbocycles. The number of methoxy groups -OCH3 is 2. The number of amides is 1. The Hall–Kier alpha value is -2.05. The van der Waals surface area contributed by atoms with E-state index in [1.54, 1.807) is 14.2 Å². The second kappa shape index (κ2) is 8.70. The number of aryl methyl sites for hydroxylation is 1. The fourth-order valence-electron chi connectivity index (χ4n) is 2.22. The Bertz CT molecular complexity index is 683. The Balaban J connectivity index is 2.06. The van der Waals surface area contributed by atoms with Gasteiger partial charge in [0, 0.05) is 12.0 Å². The summed E-state index contributed by atoms with van der Waals surface area (Å²) in [6, 6.07) is 9.31. The van der Waals surface area contributed by atoms with E-state index >= 15 is 0 Å². The zero-order valence-electron chi connectivity index (χ0n) is 14.4. The van der Waals surface area contributed by atoms with E-state index in [0.29, 0.717) is 29.6 Å². The molecule has 0 aliphatic rings. The van der Waals surface area contributed by atoms with Gasteiger partial charge in [0.15, 0.2) is 11.5 Å². The lowest BCUT2D eigenvalue weighted by molar-refractivity contribution is 0.0944. The molecule has 1 amide bonds. The van der Waals surface area contributed by atoms with E-state index < -0.39 is 0 Å². The van der Waals surface area contributed by atoms with Gasteiger partial charge in [-0.2, -0.15) is 0 Å². The summed E-state index contributed by atoms with van der Waals surface area (Å²) in [5.41, 5.74) is 0.951. The number of carbonyl (C=O) groups is 1. The maximum absolute atomic E-state index is 12.3. The Labute approximate surface area is 146 Å². The third-order valence-electron chi connectivity index (χ3n) is 3.54. The molecule has 1 aromatic carbocycles. The normalized spacial score (nSPS) is 11.8. The van der Waals surface area contributed by atoms with Gasteiger partial charge in [-0.25, -0.2) is 0 Å². The Morgan fingerprint density at radius 1 is 1.17 bits per heavy atom. The summed E-state index contributed by atoms with van der Waals surface area (Å²) < 4.78 is 16.0. The van der Waals surface area contributed by atoms with Gasteiger partial charge >= 0.3 is 0 Å². The van der Waals surface area contributed by atoms with Crippen LogP contribution in [-0.4, -0.2) is 33.3 Å². The molecule has 0 bridgehead atoms. The van der Waals surface area contributed by atoms with E-state index in [-0.39, 0.29) is 11.9 Å². The van der Waals surface area contributed by atoms with Gasteiger partial charge < -0.3 is 19.5 Å². The lowest BCUT2D eigenvalue weighted by atomic mass is 10.1. The highest BCUT2D eigenvalue weighted by atomic mass is 32.1. The zero-order chi connectivity index (χ0) is 17.5. The average Bonchev–Trinajstić information content (AvgIpc) is 3.01. The summed E-state index contributed by atoms with van der Waals surface area (Å²) in [6.07, 6.45) is 0. The van der Waals surface area contributed by atoms with Crippen LogP contribution in [0.15, 0.2) is 30.3 Å². The second-order valence-electron chi connectivity index (χ2n) is 5.36. The number of nitrogens with one attached hydrogen (secondary N) is 1. The van der Waals surface area contributed by atoms with Gasteiger partial charge in [-0.15, -0.1) is 11.3 Å².